The van der Waals surface area contributed by atoms with Crippen molar-refractivity contribution in [3.05, 3.63) is 59.3 Å². The Labute approximate surface area is 152 Å². The maximum atomic E-state index is 6.25. The molecule has 0 radical (unpaired) electrons. The van der Waals surface area contributed by atoms with Gasteiger partial charge in [-0.25, -0.2) is 0 Å². The predicted molar refractivity (Wildman–Crippen MR) is 102 cm³/mol. The highest BCUT2D eigenvalue weighted by Crippen LogP contribution is 2.28. The van der Waals surface area contributed by atoms with Crippen molar-refractivity contribution in [2.24, 2.45) is 0 Å². The number of fused-ring (bicyclic) bond motifs is 1. The number of hydrogen-bond donors (Lipinski definition) is 0. The molecule has 1 atom stereocenters. The molecule has 0 amide bonds. The third kappa shape index (κ3) is 4.34. The van der Waals surface area contributed by atoms with E-state index in [9.17, 15) is 0 Å². The van der Waals surface area contributed by atoms with Crippen molar-refractivity contribution in [3.63, 3.8) is 0 Å². The summed E-state index contributed by atoms with van der Waals surface area (Å²) in [6, 6.07) is 10.8. The fourth-order valence-corrected chi connectivity index (χ4v) is 4.25. The molecule has 2 heterocycles. The first-order valence-corrected chi connectivity index (χ1v) is 9.91. The van der Waals surface area contributed by atoms with E-state index < -0.39 is 0 Å². The van der Waals surface area contributed by atoms with Gasteiger partial charge in [0.15, 0.2) is 0 Å². The molecular weight excluding hydrogens is 308 g/mol. The Kier molecular flexibility index (Phi) is 5.53. The lowest BCUT2D eigenvalue weighted by Crippen LogP contribution is -2.31. The third-order valence-corrected chi connectivity index (χ3v) is 5.69. The summed E-state index contributed by atoms with van der Waals surface area (Å²) in [6.45, 7) is 6.34. The molecule has 0 saturated carbocycles. The molecule has 0 aromatic heterocycles. The number of likely N-dealkylation sites (tertiary alicyclic amines) is 1. The molecule has 4 rings (SSSR count). The van der Waals surface area contributed by atoms with E-state index in [1.807, 2.05) is 0 Å². The first kappa shape index (κ1) is 16.9. The van der Waals surface area contributed by atoms with Crippen LogP contribution in [0.2, 0.25) is 0 Å². The third-order valence-electron chi connectivity index (χ3n) is 5.69. The molecule has 3 heteroatoms. The fraction of sp³-hybridized carbons (Fsp3) is 0.545. The molecule has 25 heavy (non-hydrogen) atoms. The van der Waals surface area contributed by atoms with E-state index in [2.05, 4.69) is 52.3 Å². The summed E-state index contributed by atoms with van der Waals surface area (Å²) >= 11 is 0. The molecule has 1 aromatic rings. The fourth-order valence-electron chi connectivity index (χ4n) is 4.25. The zero-order valence-corrected chi connectivity index (χ0v) is 15.2. The Hall–Kier alpha value is -1.58. The smallest absolute Gasteiger partial charge is 0.0855 e. The second-order valence-corrected chi connectivity index (χ2v) is 7.56. The van der Waals surface area contributed by atoms with E-state index in [4.69, 9.17) is 4.74 Å². The topological polar surface area (TPSA) is 15.7 Å². The minimum atomic E-state index is 0.282. The van der Waals surface area contributed by atoms with E-state index >= 15 is 0 Å². The van der Waals surface area contributed by atoms with Gasteiger partial charge in [0.1, 0.15) is 0 Å². The second kappa shape index (κ2) is 8.20. The van der Waals surface area contributed by atoms with Crippen molar-refractivity contribution < 1.29 is 4.74 Å². The average molecular weight is 338 g/mol. The van der Waals surface area contributed by atoms with Crippen molar-refractivity contribution in [3.8, 4) is 0 Å². The normalized spacial score (nSPS) is 25.4. The number of benzene rings is 1. The van der Waals surface area contributed by atoms with Crippen molar-refractivity contribution in [2.75, 3.05) is 32.8 Å². The van der Waals surface area contributed by atoms with Crippen LogP contribution in [0.3, 0.4) is 0 Å². The lowest BCUT2D eigenvalue weighted by atomic mass is 9.97. The SMILES string of the molecule is C1=C2CN(Cc3ccccc3)CCOC2CC(N2CCCCCC2)=C1. The van der Waals surface area contributed by atoms with Crippen LogP contribution >= 0.6 is 0 Å². The van der Waals surface area contributed by atoms with Crippen molar-refractivity contribution in [2.45, 2.75) is 44.8 Å². The monoisotopic (exact) mass is 338 g/mol. The van der Waals surface area contributed by atoms with Gasteiger partial charge in [-0.3, -0.25) is 4.90 Å². The molecule has 3 nitrogen and oxygen atoms in total. The van der Waals surface area contributed by atoms with Crippen molar-refractivity contribution in [1.29, 1.82) is 0 Å². The Bertz CT molecular complexity index is 614. The van der Waals surface area contributed by atoms with Gasteiger partial charge in [0.05, 0.1) is 12.7 Å². The predicted octanol–water partition coefficient (Wildman–Crippen LogP) is 3.98. The van der Waals surface area contributed by atoms with Crippen molar-refractivity contribution >= 4 is 0 Å². The van der Waals surface area contributed by atoms with Crippen LogP contribution in [0.25, 0.3) is 0 Å². The summed E-state index contributed by atoms with van der Waals surface area (Å²) in [5.74, 6) is 0. The van der Waals surface area contributed by atoms with Gasteiger partial charge in [0.25, 0.3) is 0 Å². The minimum absolute atomic E-state index is 0.282. The van der Waals surface area contributed by atoms with Gasteiger partial charge in [-0.15, -0.1) is 0 Å². The van der Waals surface area contributed by atoms with Crippen LogP contribution in [0, 0.1) is 0 Å². The molecule has 3 aliphatic rings. The Balaban J connectivity index is 1.43. The molecule has 1 unspecified atom stereocenters. The van der Waals surface area contributed by atoms with Gasteiger partial charge in [-0.05, 0) is 30.1 Å². The largest absolute Gasteiger partial charge is 0.375 e. The van der Waals surface area contributed by atoms with Crippen LogP contribution in [-0.4, -0.2) is 48.7 Å². The Morgan fingerprint density at radius 2 is 1.72 bits per heavy atom. The first-order valence-electron chi connectivity index (χ1n) is 9.91. The maximum Gasteiger partial charge on any atom is 0.0855 e. The summed E-state index contributed by atoms with van der Waals surface area (Å²) < 4.78 is 6.25. The summed E-state index contributed by atoms with van der Waals surface area (Å²) in [6.07, 6.45) is 11.5. The van der Waals surface area contributed by atoms with E-state index in [1.165, 1.54) is 55.6 Å². The van der Waals surface area contributed by atoms with E-state index in [0.29, 0.717) is 0 Å². The first-order chi connectivity index (χ1) is 12.4. The van der Waals surface area contributed by atoms with Gasteiger partial charge >= 0.3 is 0 Å². The highest BCUT2D eigenvalue weighted by molar-refractivity contribution is 5.29. The van der Waals surface area contributed by atoms with Gasteiger partial charge in [0.2, 0.25) is 0 Å². The van der Waals surface area contributed by atoms with E-state index in [1.54, 1.807) is 0 Å². The molecule has 1 aliphatic carbocycles. The van der Waals surface area contributed by atoms with Crippen LogP contribution in [0.5, 0.6) is 0 Å². The van der Waals surface area contributed by atoms with Gasteiger partial charge in [-0.2, -0.15) is 0 Å². The highest BCUT2D eigenvalue weighted by Gasteiger charge is 2.27. The summed E-state index contributed by atoms with van der Waals surface area (Å²) in [4.78, 5) is 5.13. The minimum Gasteiger partial charge on any atom is -0.375 e. The van der Waals surface area contributed by atoms with Crippen LogP contribution in [0.15, 0.2) is 53.8 Å². The molecule has 134 valence electrons. The quantitative estimate of drug-likeness (QED) is 0.829. The zero-order chi connectivity index (χ0) is 16.9. The number of hydrogen-bond acceptors (Lipinski definition) is 3. The summed E-state index contributed by atoms with van der Waals surface area (Å²) in [7, 11) is 0. The second-order valence-electron chi connectivity index (χ2n) is 7.56. The molecule has 0 spiro atoms. The molecule has 2 fully saturated rings. The standard InChI is InChI=1S/C22H30N2O/c1-2-7-13-24(12-6-1)21-11-10-20-18-23(14-15-25-22(20)16-21)17-19-8-4-3-5-9-19/h3-5,8-11,22H,1-2,6-7,12-18H2. The van der Waals surface area contributed by atoms with Crippen LogP contribution in [0.1, 0.15) is 37.7 Å². The van der Waals surface area contributed by atoms with Gasteiger partial charge in [-0.1, -0.05) is 49.2 Å². The number of nitrogens with zero attached hydrogens (tertiary/aromatic N) is 2. The highest BCUT2D eigenvalue weighted by atomic mass is 16.5. The summed E-state index contributed by atoms with van der Waals surface area (Å²) in [5, 5.41) is 0. The molecule has 0 bridgehead atoms. The number of allylic oxidation sites excluding steroid dienone is 2. The summed E-state index contributed by atoms with van der Waals surface area (Å²) in [5.41, 5.74) is 4.33. The average Bonchev–Trinajstić information content (AvgIpc) is 3.02. The number of ether oxygens (including phenoxy) is 1. The molecule has 1 aromatic carbocycles. The molecular formula is C22H30N2O. The number of rotatable bonds is 3. The Morgan fingerprint density at radius 1 is 0.920 bits per heavy atom. The van der Waals surface area contributed by atoms with E-state index in [-0.39, 0.29) is 6.10 Å². The van der Waals surface area contributed by atoms with E-state index in [0.717, 1.165) is 32.7 Å². The Morgan fingerprint density at radius 3 is 2.52 bits per heavy atom. The molecule has 0 N–H and O–H groups in total. The van der Waals surface area contributed by atoms with Crippen LogP contribution < -0.4 is 0 Å². The van der Waals surface area contributed by atoms with Gasteiger partial charge < -0.3 is 9.64 Å². The lowest BCUT2D eigenvalue weighted by Gasteiger charge is -2.32. The van der Waals surface area contributed by atoms with Crippen LogP contribution in [0.4, 0.5) is 0 Å². The maximum absolute atomic E-state index is 6.25. The van der Waals surface area contributed by atoms with Crippen molar-refractivity contribution in [1.82, 2.24) is 9.80 Å². The van der Waals surface area contributed by atoms with Gasteiger partial charge in [0, 0.05) is 44.8 Å². The molecule has 2 saturated heterocycles. The van der Waals surface area contributed by atoms with Crippen LogP contribution in [-0.2, 0) is 11.3 Å². The lowest BCUT2D eigenvalue weighted by molar-refractivity contribution is 0.0753. The molecule has 2 aliphatic heterocycles. The zero-order valence-electron chi connectivity index (χ0n) is 15.2.